The fraction of sp³-hybridized carbons (Fsp3) is 0.182. The Morgan fingerprint density at radius 2 is 2.44 bits per heavy atom. The Morgan fingerprint density at radius 1 is 1.69 bits per heavy atom. The highest BCUT2D eigenvalue weighted by Crippen LogP contribution is 2.19. The van der Waals surface area contributed by atoms with E-state index in [9.17, 15) is 4.21 Å². The predicted molar refractivity (Wildman–Crippen MR) is 67.4 cm³/mol. The topological polar surface area (TPSA) is 75.7 Å². The Hall–Kier alpha value is -1.30. The first-order valence-corrected chi connectivity index (χ1v) is 5.87. The average molecular weight is 238 g/mol. The molecule has 0 fully saturated rings. The van der Waals surface area contributed by atoms with E-state index in [1.807, 2.05) is 24.3 Å². The molecule has 0 radical (unpaired) electrons. The lowest BCUT2D eigenvalue weighted by Crippen LogP contribution is -2.28. The zero-order chi connectivity index (χ0) is 12.0. The lowest BCUT2D eigenvalue weighted by atomic mass is 10.0. The van der Waals surface area contributed by atoms with Crippen molar-refractivity contribution in [2.75, 3.05) is 0 Å². The minimum atomic E-state index is -2.10. The molecule has 1 aliphatic carbocycles. The summed E-state index contributed by atoms with van der Waals surface area (Å²) in [5.41, 5.74) is 7.17. The molecule has 2 atom stereocenters. The number of hydrogen-bond acceptors (Lipinski definition) is 3. The van der Waals surface area contributed by atoms with Gasteiger partial charge in [-0.25, -0.2) is 4.21 Å². The van der Waals surface area contributed by atoms with Gasteiger partial charge in [-0.15, -0.1) is 0 Å². The van der Waals surface area contributed by atoms with Crippen LogP contribution in [0.15, 0.2) is 52.7 Å². The van der Waals surface area contributed by atoms with Crippen LogP contribution in [0.4, 0.5) is 0 Å². The molecular formula is C11H14N2O2S. The number of allylic oxidation sites excluding steroid dienone is 5. The number of nitrogens with two attached hydrogens (primary N) is 1. The highest BCUT2D eigenvalue weighted by atomic mass is 32.2. The zero-order valence-corrected chi connectivity index (χ0v) is 9.56. The molecule has 0 heterocycles. The maximum Gasteiger partial charge on any atom is 0.175 e. The molecule has 0 saturated heterocycles. The van der Waals surface area contributed by atoms with Crippen molar-refractivity contribution in [3.05, 3.63) is 47.7 Å². The van der Waals surface area contributed by atoms with Crippen LogP contribution in [0.3, 0.4) is 0 Å². The van der Waals surface area contributed by atoms with Crippen molar-refractivity contribution in [2.45, 2.75) is 11.8 Å². The van der Waals surface area contributed by atoms with Gasteiger partial charge >= 0.3 is 0 Å². The van der Waals surface area contributed by atoms with E-state index in [-0.39, 0.29) is 0 Å². The Bertz CT molecular complexity index is 408. The van der Waals surface area contributed by atoms with E-state index < -0.39 is 16.5 Å². The third-order valence-electron chi connectivity index (χ3n) is 2.14. The van der Waals surface area contributed by atoms with Crippen molar-refractivity contribution in [3.63, 3.8) is 0 Å². The minimum Gasteiger partial charge on any atom is -0.312 e. The summed E-state index contributed by atoms with van der Waals surface area (Å²) in [6, 6.07) is 0. The van der Waals surface area contributed by atoms with Gasteiger partial charge in [0.25, 0.3) is 0 Å². The van der Waals surface area contributed by atoms with Gasteiger partial charge < -0.3 is 10.3 Å². The average Bonchev–Trinajstić information content (AvgIpc) is 2.30. The van der Waals surface area contributed by atoms with E-state index in [4.69, 9.17) is 10.3 Å². The van der Waals surface area contributed by atoms with Crippen LogP contribution in [-0.2, 0) is 11.1 Å². The molecule has 0 aromatic carbocycles. The van der Waals surface area contributed by atoms with Crippen molar-refractivity contribution in [1.82, 2.24) is 0 Å². The standard InChI is InChI=1S/C11H14N2O2S/c1-13-8-7-10(11(12)16(14)15)9-5-3-2-4-6-9/h2-5,7-8,11H,1,6,12H2,(H,14,15)/b8-7-,10-9+. The van der Waals surface area contributed by atoms with Gasteiger partial charge in [0, 0.05) is 6.20 Å². The third kappa shape index (κ3) is 3.37. The molecule has 2 unspecified atom stereocenters. The minimum absolute atomic E-state index is 0.605. The first-order valence-electron chi connectivity index (χ1n) is 4.70. The molecule has 1 aliphatic rings. The predicted octanol–water partition coefficient (Wildman–Crippen LogP) is 1.52. The normalized spacial score (nSPS) is 22.1. The summed E-state index contributed by atoms with van der Waals surface area (Å²) < 4.78 is 20.0. The van der Waals surface area contributed by atoms with Crippen LogP contribution in [0.1, 0.15) is 6.42 Å². The van der Waals surface area contributed by atoms with Gasteiger partial charge in [-0.05, 0) is 30.4 Å². The molecule has 0 aromatic rings. The van der Waals surface area contributed by atoms with Crippen molar-refractivity contribution in [1.29, 1.82) is 0 Å². The zero-order valence-electron chi connectivity index (χ0n) is 8.74. The van der Waals surface area contributed by atoms with Gasteiger partial charge in [0.1, 0.15) is 5.37 Å². The van der Waals surface area contributed by atoms with E-state index in [1.165, 1.54) is 6.20 Å². The second-order valence-corrected chi connectivity index (χ2v) is 4.23. The molecule has 0 amide bonds. The smallest absolute Gasteiger partial charge is 0.175 e. The fourth-order valence-corrected chi connectivity index (χ4v) is 1.80. The Kier molecular flexibility index (Phi) is 5.04. The fourth-order valence-electron chi connectivity index (χ4n) is 1.35. The molecule has 0 aromatic heterocycles. The second kappa shape index (κ2) is 6.32. The number of rotatable bonds is 4. The molecule has 4 nitrogen and oxygen atoms in total. The van der Waals surface area contributed by atoms with Crippen LogP contribution in [0.25, 0.3) is 0 Å². The molecule has 0 bridgehead atoms. The summed E-state index contributed by atoms with van der Waals surface area (Å²) in [5, 5.41) is -0.927. The Balaban J connectivity index is 3.08. The molecule has 3 N–H and O–H groups in total. The van der Waals surface area contributed by atoms with Crippen molar-refractivity contribution < 1.29 is 8.76 Å². The van der Waals surface area contributed by atoms with E-state index in [2.05, 4.69) is 11.7 Å². The van der Waals surface area contributed by atoms with Crippen LogP contribution in [0.5, 0.6) is 0 Å². The number of hydrogen-bond donors (Lipinski definition) is 2. The summed E-state index contributed by atoms with van der Waals surface area (Å²) in [6.07, 6.45) is 11.4. The molecule has 16 heavy (non-hydrogen) atoms. The summed E-state index contributed by atoms with van der Waals surface area (Å²) in [5.74, 6) is 0. The highest BCUT2D eigenvalue weighted by molar-refractivity contribution is 7.80. The van der Waals surface area contributed by atoms with E-state index in [0.29, 0.717) is 12.0 Å². The largest absolute Gasteiger partial charge is 0.312 e. The molecule has 0 aliphatic heterocycles. The van der Waals surface area contributed by atoms with Crippen molar-refractivity contribution in [3.8, 4) is 0 Å². The molecule has 5 heteroatoms. The molecule has 0 spiro atoms. The van der Waals surface area contributed by atoms with Crippen molar-refractivity contribution in [2.24, 2.45) is 10.7 Å². The van der Waals surface area contributed by atoms with E-state index >= 15 is 0 Å². The maximum absolute atomic E-state index is 11.0. The van der Waals surface area contributed by atoms with Gasteiger partial charge in [0.15, 0.2) is 11.1 Å². The van der Waals surface area contributed by atoms with Crippen LogP contribution in [-0.4, -0.2) is 20.9 Å². The summed E-state index contributed by atoms with van der Waals surface area (Å²) >= 11 is -2.10. The first-order chi connectivity index (χ1) is 7.66. The molecular weight excluding hydrogens is 224 g/mol. The van der Waals surface area contributed by atoms with Crippen LogP contribution in [0.2, 0.25) is 0 Å². The van der Waals surface area contributed by atoms with Gasteiger partial charge in [-0.1, -0.05) is 24.3 Å². The second-order valence-electron chi connectivity index (χ2n) is 3.17. The van der Waals surface area contributed by atoms with E-state index in [0.717, 1.165) is 5.57 Å². The van der Waals surface area contributed by atoms with E-state index in [1.54, 1.807) is 6.08 Å². The molecule has 86 valence electrons. The maximum atomic E-state index is 11.0. The van der Waals surface area contributed by atoms with Crippen LogP contribution < -0.4 is 5.73 Å². The van der Waals surface area contributed by atoms with Gasteiger partial charge in [-0.2, -0.15) is 0 Å². The Labute approximate surface area is 97.2 Å². The molecule has 0 saturated carbocycles. The quantitative estimate of drug-likeness (QED) is 0.576. The summed E-state index contributed by atoms with van der Waals surface area (Å²) in [7, 11) is 0. The van der Waals surface area contributed by atoms with Crippen LogP contribution in [0, 0.1) is 0 Å². The van der Waals surface area contributed by atoms with Crippen LogP contribution >= 0.6 is 0 Å². The lowest BCUT2D eigenvalue weighted by molar-refractivity contribution is 0.555. The molecule has 1 rings (SSSR count). The lowest BCUT2D eigenvalue weighted by Gasteiger charge is -2.13. The van der Waals surface area contributed by atoms with Gasteiger partial charge in [0.05, 0.1) is 0 Å². The van der Waals surface area contributed by atoms with Gasteiger partial charge in [-0.3, -0.25) is 4.99 Å². The van der Waals surface area contributed by atoms with Gasteiger partial charge in [0.2, 0.25) is 0 Å². The van der Waals surface area contributed by atoms with Crippen molar-refractivity contribution >= 4 is 17.8 Å². The third-order valence-corrected chi connectivity index (χ3v) is 2.82. The summed E-state index contributed by atoms with van der Waals surface area (Å²) in [4.78, 5) is 3.57. The number of aliphatic imine (C=N–C) groups is 1. The monoisotopic (exact) mass is 238 g/mol. The summed E-state index contributed by atoms with van der Waals surface area (Å²) in [6.45, 7) is 3.31. The number of nitrogens with zero attached hydrogens (tertiary/aromatic N) is 1. The Morgan fingerprint density at radius 3 is 2.94 bits per heavy atom. The first kappa shape index (κ1) is 12.8. The SMILES string of the molecule is C=N/C=C\C(=C1\C=CC=CC1)C(N)S(=O)O. The highest BCUT2D eigenvalue weighted by Gasteiger charge is 2.16.